The molecule has 4 aromatic rings. The molecule has 4 fully saturated rings. The quantitative estimate of drug-likeness (QED) is 0.221. The molecule has 5 heterocycles. The molecule has 2 aromatic carbocycles. The molecule has 2 N–H and O–H groups in total. The number of aliphatic hydroxyl groups is 1. The number of likely N-dealkylation sites (tertiary alicyclic amines) is 1. The molecular formula is C41H43F2N5O5. The van der Waals surface area contributed by atoms with Crippen molar-refractivity contribution in [3.63, 3.8) is 0 Å². The highest BCUT2D eigenvalue weighted by molar-refractivity contribution is 6.04. The van der Waals surface area contributed by atoms with Gasteiger partial charge in [-0.3, -0.25) is 4.90 Å². The van der Waals surface area contributed by atoms with E-state index in [1.807, 2.05) is 0 Å². The van der Waals surface area contributed by atoms with Gasteiger partial charge in [0.2, 0.25) is 5.88 Å². The number of phenolic OH excluding ortho intramolecular Hbond substituents is 1. The van der Waals surface area contributed by atoms with Crippen LogP contribution >= 0.6 is 0 Å². The van der Waals surface area contributed by atoms with Gasteiger partial charge in [0.1, 0.15) is 39.6 Å². The summed E-state index contributed by atoms with van der Waals surface area (Å²) in [6.07, 6.45) is 19.8. The van der Waals surface area contributed by atoms with Crippen molar-refractivity contribution in [2.75, 3.05) is 51.5 Å². The molecule has 276 valence electrons. The van der Waals surface area contributed by atoms with Crippen molar-refractivity contribution in [2.45, 2.75) is 75.5 Å². The number of methoxy groups -OCH3 is 1. The van der Waals surface area contributed by atoms with Crippen LogP contribution in [0.25, 0.3) is 32.9 Å². The number of hydrogen-bond acceptors (Lipinski definition) is 10. The molecule has 3 aliphatic heterocycles. The monoisotopic (exact) mass is 723 g/mol. The fourth-order valence-electron chi connectivity index (χ4n) is 9.41. The molecule has 12 heteroatoms. The normalized spacial score (nSPS) is 25.2. The number of fused-ring (bicyclic) bond motifs is 3. The van der Waals surface area contributed by atoms with Crippen molar-refractivity contribution >= 4 is 27.5 Å². The Balaban J connectivity index is 1.27. The molecule has 0 unspecified atom stereocenters. The number of terminal acetylenes is 2. The van der Waals surface area contributed by atoms with Gasteiger partial charge in [-0.25, -0.2) is 13.8 Å². The van der Waals surface area contributed by atoms with Crippen LogP contribution in [0.15, 0.2) is 24.3 Å². The van der Waals surface area contributed by atoms with Gasteiger partial charge in [-0.2, -0.15) is 9.97 Å². The van der Waals surface area contributed by atoms with E-state index >= 15 is 8.78 Å². The Morgan fingerprint density at radius 1 is 1.00 bits per heavy atom. The Kier molecular flexibility index (Phi) is 9.26. The number of aromatic nitrogens is 3. The van der Waals surface area contributed by atoms with Crippen molar-refractivity contribution in [1.29, 1.82) is 0 Å². The summed E-state index contributed by atoms with van der Waals surface area (Å²) in [5, 5.41) is 22.7. The fourth-order valence-corrected chi connectivity index (χ4v) is 9.41. The van der Waals surface area contributed by atoms with Crippen LogP contribution in [-0.4, -0.2) is 94.3 Å². The number of rotatable bonds is 7. The first-order valence-electron chi connectivity index (χ1n) is 18.5. The number of β-amino-alcohol motifs (C(OH)–C–C–N with tert-alkyl or cyclic N) is 1. The first-order valence-corrected chi connectivity index (χ1v) is 18.5. The SMILES string of the molecule is C#Cc1c(F)ccc2cc(O)cc(-c3nc(OC)c4c(N5CCC[C@](O)(C#C)C5)nc(OC[C@]56CCC[C@H]5N(C5CCOCC5)CCC6)nc4c3F)c12. The molecule has 0 radical (unpaired) electrons. The number of aromatic hydroxyl groups is 1. The topological polar surface area (TPSA) is 113 Å². The summed E-state index contributed by atoms with van der Waals surface area (Å²) in [5.74, 6) is 3.41. The second-order valence-electron chi connectivity index (χ2n) is 14.9. The summed E-state index contributed by atoms with van der Waals surface area (Å²) < 4.78 is 50.3. The first-order chi connectivity index (χ1) is 25.7. The predicted octanol–water partition coefficient (Wildman–Crippen LogP) is 5.98. The number of phenols is 1. The lowest BCUT2D eigenvalue weighted by molar-refractivity contribution is -0.0512. The minimum atomic E-state index is -1.43. The molecule has 0 spiro atoms. The van der Waals surface area contributed by atoms with Crippen LogP contribution in [0.5, 0.6) is 17.6 Å². The average molecular weight is 724 g/mol. The first kappa shape index (κ1) is 35.3. The molecule has 8 rings (SSSR count). The van der Waals surface area contributed by atoms with Gasteiger partial charge in [0.25, 0.3) is 0 Å². The number of piperidine rings is 2. The lowest BCUT2D eigenvalue weighted by atomic mass is 9.74. The van der Waals surface area contributed by atoms with E-state index in [4.69, 9.17) is 32.0 Å². The number of benzene rings is 2. The highest BCUT2D eigenvalue weighted by Crippen LogP contribution is 2.50. The highest BCUT2D eigenvalue weighted by atomic mass is 19.1. The summed E-state index contributed by atoms with van der Waals surface area (Å²) in [6, 6.07) is 6.19. The second kappa shape index (κ2) is 13.9. The average Bonchev–Trinajstić information content (AvgIpc) is 3.62. The predicted molar refractivity (Wildman–Crippen MR) is 197 cm³/mol. The van der Waals surface area contributed by atoms with Crippen molar-refractivity contribution in [3.8, 4) is 53.6 Å². The molecule has 3 saturated heterocycles. The molecular weight excluding hydrogens is 680 g/mol. The van der Waals surface area contributed by atoms with E-state index in [-0.39, 0.29) is 68.5 Å². The van der Waals surface area contributed by atoms with Gasteiger partial charge >= 0.3 is 6.01 Å². The van der Waals surface area contributed by atoms with Gasteiger partial charge < -0.3 is 29.3 Å². The number of halogens is 2. The van der Waals surface area contributed by atoms with Crippen LogP contribution in [0.1, 0.15) is 63.4 Å². The van der Waals surface area contributed by atoms with Crippen LogP contribution in [0.3, 0.4) is 0 Å². The molecule has 1 saturated carbocycles. The minimum Gasteiger partial charge on any atom is -0.508 e. The van der Waals surface area contributed by atoms with Crippen molar-refractivity contribution in [1.82, 2.24) is 19.9 Å². The molecule has 3 atom stereocenters. The van der Waals surface area contributed by atoms with Crippen LogP contribution in [-0.2, 0) is 4.74 Å². The third-order valence-electron chi connectivity index (χ3n) is 11.9. The van der Waals surface area contributed by atoms with E-state index in [1.54, 1.807) is 4.90 Å². The maximum Gasteiger partial charge on any atom is 0.319 e. The molecule has 0 amide bonds. The van der Waals surface area contributed by atoms with Crippen LogP contribution in [0.4, 0.5) is 14.6 Å². The second-order valence-corrected chi connectivity index (χ2v) is 14.9. The van der Waals surface area contributed by atoms with E-state index in [0.29, 0.717) is 43.5 Å². The minimum absolute atomic E-state index is 0.0169. The maximum absolute atomic E-state index is 17.3. The summed E-state index contributed by atoms with van der Waals surface area (Å²) in [7, 11) is 1.39. The van der Waals surface area contributed by atoms with Crippen molar-refractivity contribution in [3.05, 3.63) is 41.5 Å². The van der Waals surface area contributed by atoms with Gasteiger partial charge in [-0.05, 0) is 81.5 Å². The lowest BCUT2D eigenvalue weighted by Gasteiger charge is -2.50. The van der Waals surface area contributed by atoms with Gasteiger partial charge in [0.15, 0.2) is 5.82 Å². The third kappa shape index (κ3) is 6.17. The largest absolute Gasteiger partial charge is 0.508 e. The number of anilines is 1. The maximum atomic E-state index is 17.3. The Hall–Kier alpha value is -4.75. The van der Waals surface area contributed by atoms with Crippen LogP contribution in [0, 0.1) is 41.7 Å². The number of pyridine rings is 1. The number of hydrogen-bond donors (Lipinski definition) is 2. The summed E-state index contributed by atoms with van der Waals surface area (Å²) >= 11 is 0. The summed E-state index contributed by atoms with van der Waals surface area (Å²) in [5.41, 5.74) is -1.97. The van der Waals surface area contributed by atoms with Crippen molar-refractivity contribution in [2.24, 2.45) is 5.41 Å². The zero-order valence-corrected chi connectivity index (χ0v) is 29.8. The summed E-state index contributed by atoms with van der Waals surface area (Å²) in [6.45, 7) is 3.47. The van der Waals surface area contributed by atoms with Gasteiger partial charge in [-0.1, -0.05) is 24.3 Å². The summed E-state index contributed by atoms with van der Waals surface area (Å²) in [4.78, 5) is 18.6. The third-order valence-corrected chi connectivity index (χ3v) is 11.9. The molecule has 10 nitrogen and oxygen atoms in total. The van der Waals surface area contributed by atoms with E-state index in [9.17, 15) is 10.2 Å². The Morgan fingerprint density at radius 3 is 2.57 bits per heavy atom. The Bertz CT molecular complexity index is 2160. The molecule has 2 aromatic heterocycles. The van der Waals surface area contributed by atoms with E-state index in [1.165, 1.54) is 31.4 Å². The molecule has 1 aliphatic carbocycles. The fraction of sp³-hybridized carbons (Fsp3) is 0.488. The van der Waals surface area contributed by atoms with E-state index in [2.05, 4.69) is 26.7 Å². The van der Waals surface area contributed by atoms with Gasteiger partial charge in [0, 0.05) is 48.2 Å². The lowest BCUT2D eigenvalue weighted by Crippen LogP contribution is -2.56. The van der Waals surface area contributed by atoms with Crippen molar-refractivity contribution < 1.29 is 33.2 Å². The van der Waals surface area contributed by atoms with Crippen LogP contribution in [0.2, 0.25) is 0 Å². The van der Waals surface area contributed by atoms with E-state index < -0.39 is 17.2 Å². The number of ether oxygens (including phenoxy) is 3. The Labute approximate surface area is 307 Å². The standard InChI is InChI=1S/C41H43F2N5O5/c1-4-28-30(42)11-10-25-21-27(49)22-29(32(25)28)35-34(43)36-33(38(44-35)51-3)37(47-17-8-16-41(50,5-2)23-47)46-39(45-36)53-24-40-14-6-9-31(40)48(18-7-15-40)26-12-19-52-20-13-26/h1-2,10-11,21-22,26,31,49-50H,6-9,12-20,23-24H2,3H3/t31-,40-,41-/m1/s1. The molecule has 4 aliphatic rings. The molecule has 0 bridgehead atoms. The zero-order valence-electron chi connectivity index (χ0n) is 29.8. The van der Waals surface area contributed by atoms with Gasteiger partial charge in [0.05, 0.1) is 25.8 Å². The number of nitrogens with zero attached hydrogens (tertiary/aromatic N) is 5. The van der Waals surface area contributed by atoms with Gasteiger partial charge in [-0.15, -0.1) is 12.8 Å². The molecule has 53 heavy (non-hydrogen) atoms. The van der Waals surface area contributed by atoms with E-state index in [0.717, 1.165) is 64.7 Å². The highest BCUT2D eigenvalue weighted by Gasteiger charge is 2.50. The smallest absolute Gasteiger partial charge is 0.319 e. The zero-order chi connectivity index (χ0) is 36.9. The van der Waals surface area contributed by atoms with Crippen LogP contribution < -0.4 is 14.4 Å². The Morgan fingerprint density at radius 2 is 1.79 bits per heavy atom.